The zero-order valence-electron chi connectivity index (χ0n) is 12.8. The van der Waals surface area contributed by atoms with Crippen molar-refractivity contribution in [3.63, 3.8) is 0 Å². The third-order valence-corrected chi connectivity index (χ3v) is 5.10. The maximum Gasteiger partial charge on any atom is 0.0959 e. The summed E-state index contributed by atoms with van der Waals surface area (Å²) < 4.78 is 2.15. The Morgan fingerprint density at radius 1 is 1.38 bits per heavy atom. The van der Waals surface area contributed by atoms with Gasteiger partial charge in [-0.2, -0.15) is 0 Å². The fraction of sp³-hybridized carbons (Fsp3) is 0.588. The van der Waals surface area contributed by atoms with E-state index in [0.717, 1.165) is 41.0 Å². The van der Waals surface area contributed by atoms with Crippen LogP contribution in [0.25, 0.3) is 11.0 Å². The van der Waals surface area contributed by atoms with Crippen LogP contribution >= 0.6 is 11.6 Å². The van der Waals surface area contributed by atoms with Crippen LogP contribution in [0.3, 0.4) is 0 Å². The van der Waals surface area contributed by atoms with Crippen molar-refractivity contribution in [3.8, 4) is 0 Å². The molecule has 2 atom stereocenters. The Kier molecular flexibility index (Phi) is 4.51. The van der Waals surface area contributed by atoms with Crippen molar-refractivity contribution in [2.75, 3.05) is 6.54 Å². The van der Waals surface area contributed by atoms with E-state index >= 15 is 0 Å². The fourth-order valence-corrected chi connectivity index (χ4v) is 3.73. The highest BCUT2D eigenvalue weighted by Gasteiger charge is 2.26. The lowest BCUT2D eigenvalue weighted by atomic mass is 9.94. The number of halogens is 1. The molecule has 1 aromatic heterocycles. The van der Waals surface area contributed by atoms with Crippen LogP contribution in [0.1, 0.15) is 33.1 Å². The topological polar surface area (TPSA) is 29.9 Å². The molecule has 1 aromatic carbocycles. The van der Waals surface area contributed by atoms with Crippen molar-refractivity contribution >= 4 is 22.6 Å². The predicted molar refractivity (Wildman–Crippen MR) is 88.7 cm³/mol. The molecule has 1 unspecified atom stereocenters. The number of imidazole rings is 1. The quantitative estimate of drug-likeness (QED) is 0.901. The summed E-state index contributed by atoms with van der Waals surface area (Å²) in [6.45, 7) is 6.58. The van der Waals surface area contributed by atoms with Gasteiger partial charge < -0.3 is 9.88 Å². The Bertz CT molecular complexity index is 605. The summed E-state index contributed by atoms with van der Waals surface area (Å²) in [5.74, 6) is 1.71. The van der Waals surface area contributed by atoms with E-state index in [2.05, 4.69) is 28.7 Å². The van der Waals surface area contributed by atoms with Crippen LogP contribution in [0, 0.1) is 11.8 Å². The largest absolute Gasteiger partial charge is 0.328 e. The third-order valence-electron chi connectivity index (χ3n) is 4.79. The third kappa shape index (κ3) is 3.24. The minimum absolute atomic E-state index is 0.683. The van der Waals surface area contributed by atoms with E-state index in [4.69, 9.17) is 11.6 Å². The highest BCUT2D eigenvalue weighted by atomic mass is 35.5. The van der Waals surface area contributed by atoms with Gasteiger partial charge in [0.15, 0.2) is 0 Å². The Labute approximate surface area is 131 Å². The summed E-state index contributed by atoms with van der Waals surface area (Å²) in [5, 5.41) is 4.48. The van der Waals surface area contributed by atoms with Crippen molar-refractivity contribution in [2.45, 2.75) is 45.7 Å². The molecule has 0 spiro atoms. The van der Waals surface area contributed by atoms with Gasteiger partial charge in [-0.15, -0.1) is 0 Å². The number of rotatable bonds is 5. The first-order valence-electron chi connectivity index (χ1n) is 7.98. The van der Waals surface area contributed by atoms with Gasteiger partial charge in [-0.3, -0.25) is 0 Å². The highest BCUT2D eigenvalue weighted by molar-refractivity contribution is 6.34. The predicted octanol–water partition coefficient (Wildman–Crippen LogP) is 4.10. The van der Waals surface area contributed by atoms with Crippen molar-refractivity contribution in [3.05, 3.63) is 29.5 Å². The molecule has 3 rings (SSSR count). The number of benzene rings is 1. The van der Waals surface area contributed by atoms with Crippen LogP contribution in [0.15, 0.2) is 24.5 Å². The van der Waals surface area contributed by atoms with Crippen LogP contribution < -0.4 is 5.32 Å². The Hall–Kier alpha value is -1.06. The molecule has 1 N–H and O–H groups in total. The van der Waals surface area contributed by atoms with E-state index in [1.807, 2.05) is 24.5 Å². The minimum Gasteiger partial charge on any atom is -0.328 e. The van der Waals surface area contributed by atoms with Crippen molar-refractivity contribution in [2.24, 2.45) is 11.8 Å². The normalized spacial score (nSPS) is 22.5. The lowest BCUT2D eigenvalue weighted by Crippen LogP contribution is -2.30. The first-order valence-corrected chi connectivity index (χ1v) is 8.35. The Morgan fingerprint density at radius 3 is 3.00 bits per heavy atom. The van der Waals surface area contributed by atoms with E-state index in [0.29, 0.717) is 6.04 Å². The van der Waals surface area contributed by atoms with Gasteiger partial charge in [0, 0.05) is 19.1 Å². The molecule has 1 aliphatic carbocycles. The standard InChI is InChI=1S/C17H24ClN3/c1-12(2)13-6-7-14(10-13)19-8-9-21-11-20-16-5-3-4-15(18)17(16)21/h3-5,11-14,19H,6-10H2,1-2H3/t13?,14-/m0/s1. The molecule has 1 aliphatic rings. The van der Waals surface area contributed by atoms with E-state index in [1.165, 1.54) is 19.3 Å². The average Bonchev–Trinajstić information content (AvgIpc) is 3.07. The van der Waals surface area contributed by atoms with Gasteiger partial charge in [0.25, 0.3) is 0 Å². The van der Waals surface area contributed by atoms with Crippen LogP contribution in [-0.4, -0.2) is 22.1 Å². The van der Waals surface area contributed by atoms with Crippen molar-refractivity contribution < 1.29 is 0 Å². The zero-order valence-corrected chi connectivity index (χ0v) is 13.6. The summed E-state index contributed by atoms with van der Waals surface area (Å²) in [6, 6.07) is 6.57. The summed E-state index contributed by atoms with van der Waals surface area (Å²) in [5.41, 5.74) is 2.02. The molecule has 1 saturated carbocycles. The molecule has 1 heterocycles. The summed E-state index contributed by atoms with van der Waals surface area (Å²) >= 11 is 6.28. The average molecular weight is 306 g/mol. The van der Waals surface area contributed by atoms with Crippen LogP contribution in [-0.2, 0) is 6.54 Å². The van der Waals surface area contributed by atoms with Crippen LogP contribution in [0.2, 0.25) is 5.02 Å². The van der Waals surface area contributed by atoms with E-state index in [9.17, 15) is 0 Å². The van der Waals surface area contributed by atoms with E-state index in [-0.39, 0.29) is 0 Å². The van der Waals surface area contributed by atoms with E-state index < -0.39 is 0 Å². The lowest BCUT2D eigenvalue weighted by Gasteiger charge is -2.16. The molecular weight excluding hydrogens is 282 g/mol. The summed E-state index contributed by atoms with van der Waals surface area (Å²) in [7, 11) is 0. The molecule has 0 saturated heterocycles. The lowest BCUT2D eigenvalue weighted by molar-refractivity contribution is 0.380. The van der Waals surface area contributed by atoms with Crippen LogP contribution in [0.5, 0.6) is 0 Å². The monoisotopic (exact) mass is 305 g/mol. The van der Waals surface area contributed by atoms with Gasteiger partial charge in [0.2, 0.25) is 0 Å². The number of para-hydroxylation sites is 1. The summed E-state index contributed by atoms with van der Waals surface area (Å²) in [4.78, 5) is 4.42. The first-order chi connectivity index (χ1) is 10.1. The second kappa shape index (κ2) is 6.37. The molecule has 3 nitrogen and oxygen atoms in total. The van der Waals surface area contributed by atoms with Gasteiger partial charge in [-0.25, -0.2) is 4.98 Å². The Morgan fingerprint density at radius 2 is 2.24 bits per heavy atom. The first kappa shape index (κ1) is 14.9. The fourth-order valence-electron chi connectivity index (χ4n) is 3.45. The summed E-state index contributed by atoms with van der Waals surface area (Å²) in [6.07, 6.45) is 5.90. The van der Waals surface area contributed by atoms with Crippen LogP contribution in [0.4, 0.5) is 0 Å². The molecule has 114 valence electrons. The molecule has 0 radical (unpaired) electrons. The minimum atomic E-state index is 0.683. The van der Waals surface area contributed by atoms with Gasteiger partial charge in [-0.05, 0) is 43.2 Å². The maximum atomic E-state index is 6.28. The molecule has 0 aliphatic heterocycles. The zero-order chi connectivity index (χ0) is 14.8. The number of aromatic nitrogens is 2. The Balaban J connectivity index is 1.56. The van der Waals surface area contributed by atoms with Gasteiger partial charge >= 0.3 is 0 Å². The second-order valence-electron chi connectivity index (χ2n) is 6.51. The molecular formula is C17H24ClN3. The number of hydrogen-bond donors (Lipinski definition) is 1. The number of nitrogens with one attached hydrogen (secondary N) is 1. The van der Waals surface area contributed by atoms with Gasteiger partial charge in [0.1, 0.15) is 0 Å². The second-order valence-corrected chi connectivity index (χ2v) is 6.92. The smallest absolute Gasteiger partial charge is 0.0959 e. The number of nitrogens with zero attached hydrogens (tertiary/aromatic N) is 2. The number of fused-ring (bicyclic) bond motifs is 1. The molecule has 4 heteroatoms. The molecule has 2 aromatic rings. The molecule has 0 bridgehead atoms. The molecule has 0 amide bonds. The molecule has 21 heavy (non-hydrogen) atoms. The van der Waals surface area contributed by atoms with Gasteiger partial charge in [0.05, 0.1) is 22.4 Å². The SMILES string of the molecule is CC(C)C1CC[C@H](NCCn2cnc3cccc(Cl)c32)C1. The number of hydrogen-bond acceptors (Lipinski definition) is 2. The highest BCUT2D eigenvalue weighted by Crippen LogP contribution is 2.31. The maximum absolute atomic E-state index is 6.28. The molecule has 1 fully saturated rings. The van der Waals surface area contributed by atoms with Crippen molar-refractivity contribution in [1.82, 2.24) is 14.9 Å². The van der Waals surface area contributed by atoms with Gasteiger partial charge in [-0.1, -0.05) is 31.5 Å². The van der Waals surface area contributed by atoms with E-state index in [1.54, 1.807) is 0 Å². The van der Waals surface area contributed by atoms with Crippen molar-refractivity contribution in [1.29, 1.82) is 0 Å².